The van der Waals surface area contributed by atoms with E-state index in [4.69, 9.17) is 4.74 Å². The van der Waals surface area contributed by atoms with Crippen molar-refractivity contribution in [2.75, 3.05) is 46.9 Å². The van der Waals surface area contributed by atoms with E-state index in [1.807, 2.05) is 4.90 Å². The van der Waals surface area contributed by atoms with Crippen molar-refractivity contribution in [2.24, 2.45) is 0 Å². The second-order valence-corrected chi connectivity index (χ2v) is 6.51. The smallest absolute Gasteiger partial charge is 0.254 e. The van der Waals surface area contributed by atoms with Crippen molar-refractivity contribution < 1.29 is 14.3 Å². The number of likely N-dealkylation sites (tertiary alicyclic amines) is 1. The Morgan fingerprint density at radius 1 is 1.04 bits per heavy atom. The molecule has 0 bridgehead atoms. The van der Waals surface area contributed by atoms with Crippen LogP contribution in [0.25, 0.3) is 0 Å². The van der Waals surface area contributed by atoms with Gasteiger partial charge in [0.2, 0.25) is 5.91 Å². The summed E-state index contributed by atoms with van der Waals surface area (Å²) in [4.78, 5) is 31.5. The van der Waals surface area contributed by atoms with Gasteiger partial charge in [-0.25, -0.2) is 0 Å². The average Bonchev–Trinajstić information content (AvgIpc) is 3.11. The van der Waals surface area contributed by atoms with Crippen molar-refractivity contribution in [3.63, 3.8) is 0 Å². The molecule has 24 heavy (non-hydrogen) atoms. The number of hydrogen-bond donors (Lipinski definition) is 0. The third-order valence-corrected chi connectivity index (χ3v) is 4.95. The number of hydrogen-bond acceptors (Lipinski definition) is 4. The summed E-state index contributed by atoms with van der Waals surface area (Å²) in [5.41, 5.74) is 0.605. The van der Waals surface area contributed by atoms with Gasteiger partial charge in [-0.2, -0.15) is 0 Å². The van der Waals surface area contributed by atoms with Crippen molar-refractivity contribution in [1.29, 1.82) is 0 Å². The molecule has 1 aromatic rings. The van der Waals surface area contributed by atoms with E-state index in [0.717, 1.165) is 44.8 Å². The molecular weight excluding hydrogens is 306 g/mol. The molecule has 0 N–H and O–H groups in total. The zero-order valence-corrected chi connectivity index (χ0v) is 14.4. The van der Waals surface area contributed by atoms with E-state index in [1.54, 1.807) is 36.3 Å². The number of amides is 2. The highest BCUT2D eigenvalue weighted by atomic mass is 16.5. The Hall–Kier alpha value is -2.08. The first kappa shape index (κ1) is 16.8. The molecule has 2 heterocycles. The summed E-state index contributed by atoms with van der Waals surface area (Å²) in [6, 6.07) is 6.76. The Kier molecular flexibility index (Phi) is 5.04. The molecule has 130 valence electrons. The summed E-state index contributed by atoms with van der Waals surface area (Å²) in [7, 11) is 3.67. The van der Waals surface area contributed by atoms with Crippen LogP contribution in [0.2, 0.25) is 0 Å². The van der Waals surface area contributed by atoms with Crippen molar-refractivity contribution >= 4 is 11.8 Å². The fourth-order valence-corrected chi connectivity index (χ4v) is 3.40. The van der Waals surface area contributed by atoms with Gasteiger partial charge in [-0.1, -0.05) is 0 Å². The molecule has 2 aliphatic heterocycles. The topological polar surface area (TPSA) is 53.1 Å². The molecule has 1 unspecified atom stereocenters. The molecule has 0 aliphatic carbocycles. The molecule has 2 aliphatic rings. The zero-order valence-electron chi connectivity index (χ0n) is 14.4. The Morgan fingerprint density at radius 3 is 2.33 bits per heavy atom. The lowest BCUT2D eigenvalue weighted by molar-refractivity contribution is -0.136. The largest absolute Gasteiger partial charge is 0.497 e. The third kappa shape index (κ3) is 3.38. The van der Waals surface area contributed by atoms with Gasteiger partial charge in [0.15, 0.2) is 0 Å². The van der Waals surface area contributed by atoms with E-state index in [1.165, 1.54) is 0 Å². The zero-order chi connectivity index (χ0) is 17.1. The number of likely N-dealkylation sites (N-methyl/N-ethyl adjacent to an activating group) is 1. The van der Waals surface area contributed by atoms with Crippen LogP contribution < -0.4 is 4.74 Å². The maximum Gasteiger partial charge on any atom is 0.254 e. The molecule has 0 spiro atoms. The number of carbonyl (C=O) groups is 2. The van der Waals surface area contributed by atoms with E-state index in [2.05, 4.69) is 11.9 Å². The molecule has 3 rings (SSSR count). The SMILES string of the molecule is COc1ccc(C(=O)N2CCCC2C(=O)N2CCN(C)CC2)cc1. The number of piperazine rings is 1. The summed E-state index contributed by atoms with van der Waals surface area (Å²) >= 11 is 0. The molecule has 6 heteroatoms. The molecule has 2 saturated heterocycles. The normalized spacial score (nSPS) is 21.8. The van der Waals surface area contributed by atoms with Gasteiger partial charge < -0.3 is 19.4 Å². The maximum absolute atomic E-state index is 12.8. The standard InChI is InChI=1S/C18H25N3O3/c1-19-10-12-20(13-11-19)18(23)16-4-3-9-21(16)17(22)14-5-7-15(24-2)8-6-14/h5-8,16H,3-4,9-13H2,1-2H3. The second-order valence-electron chi connectivity index (χ2n) is 6.51. The Labute approximate surface area is 143 Å². The van der Waals surface area contributed by atoms with Crippen LogP contribution in [0.1, 0.15) is 23.2 Å². The van der Waals surface area contributed by atoms with Gasteiger partial charge in [-0.15, -0.1) is 0 Å². The monoisotopic (exact) mass is 331 g/mol. The van der Waals surface area contributed by atoms with Gasteiger partial charge in [0.05, 0.1) is 7.11 Å². The van der Waals surface area contributed by atoms with Crippen molar-refractivity contribution in [2.45, 2.75) is 18.9 Å². The Bertz CT molecular complexity index is 594. The quantitative estimate of drug-likeness (QED) is 0.831. The first-order chi connectivity index (χ1) is 11.6. The molecule has 0 aromatic heterocycles. The number of methoxy groups -OCH3 is 1. The average molecular weight is 331 g/mol. The first-order valence-electron chi connectivity index (χ1n) is 8.52. The van der Waals surface area contributed by atoms with Gasteiger partial charge in [-0.05, 0) is 44.2 Å². The van der Waals surface area contributed by atoms with Crippen LogP contribution in [0.3, 0.4) is 0 Å². The van der Waals surface area contributed by atoms with Gasteiger partial charge in [0, 0.05) is 38.3 Å². The summed E-state index contributed by atoms with van der Waals surface area (Å²) in [5, 5.41) is 0. The minimum Gasteiger partial charge on any atom is -0.497 e. The second kappa shape index (κ2) is 7.21. The highest BCUT2D eigenvalue weighted by Crippen LogP contribution is 2.23. The van der Waals surface area contributed by atoms with Gasteiger partial charge >= 0.3 is 0 Å². The number of rotatable bonds is 3. The van der Waals surface area contributed by atoms with E-state index < -0.39 is 0 Å². The van der Waals surface area contributed by atoms with Gasteiger partial charge in [0.1, 0.15) is 11.8 Å². The number of ether oxygens (including phenoxy) is 1. The molecule has 0 saturated carbocycles. The summed E-state index contributed by atoms with van der Waals surface area (Å²) in [6.07, 6.45) is 1.64. The molecule has 2 fully saturated rings. The van der Waals surface area contributed by atoms with E-state index in [-0.39, 0.29) is 17.9 Å². The lowest BCUT2D eigenvalue weighted by Crippen LogP contribution is -2.53. The molecule has 1 atom stereocenters. The summed E-state index contributed by atoms with van der Waals surface area (Å²) in [5.74, 6) is 0.753. The lowest BCUT2D eigenvalue weighted by Gasteiger charge is -2.35. The highest BCUT2D eigenvalue weighted by Gasteiger charge is 2.37. The predicted octanol–water partition coefficient (Wildman–Crippen LogP) is 1.07. The van der Waals surface area contributed by atoms with Crippen LogP contribution >= 0.6 is 0 Å². The minimum atomic E-state index is -0.317. The number of carbonyl (C=O) groups excluding carboxylic acids is 2. The fraction of sp³-hybridized carbons (Fsp3) is 0.556. The van der Waals surface area contributed by atoms with E-state index in [0.29, 0.717) is 12.1 Å². The molecule has 6 nitrogen and oxygen atoms in total. The number of benzene rings is 1. The summed E-state index contributed by atoms with van der Waals surface area (Å²) < 4.78 is 5.13. The minimum absolute atomic E-state index is 0.0670. The molecule has 0 radical (unpaired) electrons. The van der Waals surface area contributed by atoms with Crippen LogP contribution in [0.5, 0.6) is 5.75 Å². The van der Waals surface area contributed by atoms with Gasteiger partial charge in [-0.3, -0.25) is 9.59 Å². The van der Waals surface area contributed by atoms with Crippen LogP contribution in [0, 0.1) is 0 Å². The van der Waals surface area contributed by atoms with Crippen LogP contribution in [-0.2, 0) is 4.79 Å². The maximum atomic E-state index is 12.8. The molecular formula is C18H25N3O3. The van der Waals surface area contributed by atoms with E-state index in [9.17, 15) is 9.59 Å². The lowest BCUT2D eigenvalue weighted by atomic mass is 10.1. The van der Waals surface area contributed by atoms with Gasteiger partial charge in [0.25, 0.3) is 5.91 Å². The Balaban J connectivity index is 1.70. The van der Waals surface area contributed by atoms with Crippen molar-refractivity contribution in [3.8, 4) is 5.75 Å². The van der Waals surface area contributed by atoms with Crippen LogP contribution in [0.15, 0.2) is 24.3 Å². The first-order valence-corrected chi connectivity index (χ1v) is 8.52. The van der Waals surface area contributed by atoms with Crippen molar-refractivity contribution in [1.82, 2.24) is 14.7 Å². The summed E-state index contributed by atoms with van der Waals surface area (Å²) in [6.45, 7) is 3.93. The van der Waals surface area contributed by atoms with Crippen LogP contribution in [-0.4, -0.2) is 79.4 Å². The molecule has 2 amide bonds. The fourth-order valence-electron chi connectivity index (χ4n) is 3.40. The third-order valence-electron chi connectivity index (χ3n) is 4.95. The predicted molar refractivity (Wildman–Crippen MR) is 91.1 cm³/mol. The Morgan fingerprint density at radius 2 is 1.71 bits per heavy atom. The molecule has 1 aromatic carbocycles. The van der Waals surface area contributed by atoms with E-state index >= 15 is 0 Å². The van der Waals surface area contributed by atoms with Crippen LogP contribution in [0.4, 0.5) is 0 Å². The number of nitrogens with zero attached hydrogens (tertiary/aromatic N) is 3. The van der Waals surface area contributed by atoms with Crippen molar-refractivity contribution in [3.05, 3.63) is 29.8 Å². The highest BCUT2D eigenvalue weighted by molar-refractivity contribution is 5.98.